The molecular formula is C9H10O5. The number of phenols is 1. The molecule has 1 aromatic carbocycles. The van der Waals surface area contributed by atoms with Crippen molar-refractivity contribution < 1.29 is 24.5 Å². The maximum atomic E-state index is 10.2. The Bertz CT molecular complexity index is 308. The van der Waals surface area contributed by atoms with Gasteiger partial charge in [0.1, 0.15) is 6.29 Å². The molecule has 5 nitrogen and oxygen atoms in total. The molecule has 14 heavy (non-hydrogen) atoms. The van der Waals surface area contributed by atoms with E-state index in [1.165, 1.54) is 13.2 Å². The molecule has 0 amide bonds. The normalized spacial score (nSPS) is 8.07. The number of carbonyl (C=O) groups is 2. The van der Waals surface area contributed by atoms with Crippen molar-refractivity contribution in [3.63, 3.8) is 0 Å². The van der Waals surface area contributed by atoms with E-state index in [0.717, 1.165) is 0 Å². The van der Waals surface area contributed by atoms with E-state index in [-0.39, 0.29) is 12.2 Å². The van der Waals surface area contributed by atoms with Gasteiger partial charge in [0.05, 0.1) is 7.11 Å². The lowest BCUT2D eigenvalue weighted by atomic mass is 10.2. The molecule has 0 heterocycles. The fraction of sp³-hybridized carbons (Fsp3) is 0.111. The van der Waals surface area contributed by atoms with Gasteiger partial charge >= 0.3 is 0 Å². The van der Waals surface area contributed by atoms with Crippen molar-refractivity contribution in [1.82, 2.24) is 0 Å². The first-order valence-corrected chi connectivity index (χ1v) is 3.59. The summed E-state index contributed by atoms with van der Waals surface area (Å²) in [6.07, 6.45) is 0.666. The monoisotopic (exact) mass is 198 g/mol. The lowest BCUT2D eigenvalue weighted by Crippen LogP contribution is -1.85. The standard InChI is InChI=1S/C8H8O3.CH2O2/c1-11-8-3-2-6(5-9)4-7(8)10;2-1-3/h2-5,10H,1H3;1H,(H,2,3). The Kier molecular flexibility index (Phi) is 5.53. The number of hydrogen-bond acceptors (Lipinski definition) is 4. The number of hydrogen-bond donors (Lipinski definition) is 2. The predicted molar refractivity (Wildman–Crippen MR) is 48.7 cm³/mol. The first-order chi connectivity index (χ1) is 6.69. The highest BCUT2D eigenvalue weighted by Crippen LogP contribution is 2.25. The number of methoxy groups -OCH3 is 1. The van der Waals surface area contributed by atoms with Gasteiger partial charge in [0.25, 0.3) is 6.47 Å². The number of phenolic OH excluding ortho intramolecular Hbond substituents is 1. The highest BCUT2D eigenvalue weighted by Gasteiger charge is 2.00. The van der Waals surface area contributed by atoms with Gasteiger partial charge in [0.2, 0.25) is 0 Å². The van der Waals surface area contributed by atoms with Crippen LogP contribution in [0.4, 0.5) is 0 Å². The molecule has 76 valence electrons. The number of carbonyl (C=O) groups excluding carboxylic acids is 1. The first-order valence-electron chi connectivity index (χ1n) is 3.59. The summed E-state index contributed by atoms with van der Waals surface area (Å²) in [5.41, 5.74) is 0.434. The zero-order valence-corrected chi connectivity index (χ0v) is 7.51. The van der Waals surface area contributed by atoms with Crippen LogP contribution >= 0.6 is 0 Å². The van der Waals surface area contributed by atoms with Gasteiger partial charge in [0, 0.05) is 5.56 Å². The van der Waals surface area contributed by atoms with Crippen LogP contribution in [0.15, 0.2) is 18.2 Å². The third-order valence-corrected chi connectivity index (χ3v) is 1.34. The number of carboxylic acid groups (broad SMARTS) is 1. The van der Waals surface area contributed by atoms with Crippen LogP contribution in [0.25, 0.3) is 0 Å². The summed E-state index contributed by atoms with van der Waals surface area (Å²) in [6, 6.07) is 4.47. The zero-order chi connectivity index (χ0) is 11.0. The average Bonchev–Trinajstić information content (AvgIpc) is 2.19. The van der Waals surface area contributed by atoms with Crippen molar-refractivity contribution in [2.45, 2.75) is 0 Å². The molecule has 0 spiro atoms. The molecule has 1 rings (SSSR count). The van der Waals surface area contributed by atoms with Gasteiger partial charge in [-0.05, 0) is 18.2 Å². The summed E-state index contributed by atoms with van der Waals surface area (Å²) in [7, 11) is 1.45. The van der Waals surface area contributed by atoms with Crippen LogP contribution < -0.4 is 4.74 Å². The Morgan fingerprint density at radius 2 is 1.93 bits per heavy atom. The highest BCUT2D eigenvalue weighted by atomic mass is 16.5. The molecule has 0 saturated carbocycles. The van der Waals surface area contributed by atoms with Crippen LogP contribution in [-0.2, 0) is 4.79 Å². The number of ether oxygens (including phenoxy) is 1. The first kappa shape index (κ1) is 12.0. The third-order valence-electron chi connectivity index (χ3n) is 1.34. The second-order valence-corrected chi connectivity index (χ2v) is 2.15. The second-order valence-electron chi connectivity index (χ2n) is 2.15. The van der Waals surface area contributed by atoms with Crippen LogP contribution in [0.3, 0.4) is 0 Å². The quantitative estimate of drug-likeness (QED) is 0.690. The molecule has 0 atom stereocenters. The molecule has 0 aliphatic carbocycles. The summed E-state index contributed by atoms with van der Waals surface area (Å²) in [5.74, 6) is 0.354. The average molecular weight is 198 g/mol. The van der Waals surface area contributed by atoms with Gasteiger partial charge in [-0.15, -0.1) is 0 Å². The van der Waals surface area contributed by atoms with Crippen molar-refractivity contribution in [2.24, 2.45) is 0 Å². The smallest absolute Gasteiger partial charge is 0.290 e. The van der Waals surface area contributed by atoms with E-state index in [1.807, 2.05) is 0 Å². The predicted octanol–water partition coefficient (Wildman–Crippen LogP) is 0.914. The highest BCUT2D eigenvalue weighted by molar-refractivity contribution is 5.76. The topological polar surface area (TPSA) is 83.8 Å². The summed E-state index contributed by atoms with van der Waals surface area (Å²) in [6.45, 7) is -0.250. The van der Waals surface area contributed by atoms with Crippen LogP contribution in [0.5, 0.6) is 11.5 Å². The summed E-state index contributed by atoms with van der Waals surface area (Å²) in [4.78, 5) is 18.6. The lowest BCUT2D eigenvalue weighted by molar-refractivity contribution is -0.122. The maximum Gasteiger partial charge on any atom is 0.290 e. The molecule has 0 radical (unpaired) electrons. The molecular weight excluding hydrogens is 188 g/mol. The SMILES string of the molecule is COc1ccc(C=O)cc1O.O=CO. The minimum atomic E-state index is -0.250. The van der Waals surface area contributed by atoms with Crippen LogP contribution in [0.1, 0.15) is 10.4 Å². The number of aromatic hydroxyl groups is 1. The van der Waals surface area contributed by atoms with Gasteiger partial charge < -0.3 is 14.9 Å². The second kappa shape index (κ2) is 6.47. The number of aldehydes is 1. The third kappa shape index (κ3) is 3.57. The molecule has 0 aliphatic heterocycles. The van der Waals surface area contributed by atoms with E-state index >= 15 is 0 Å². The zero-order valence-electron chi connectivity index (χ0n) is 7.51. The fourth-order valence-corrected chi connectivity index (χ4v) is 0.780. The maximum absolute atomic E-state index is 10.2. The minimum Gasteiger partial charge on any atom is -0.504 e. The van der Waals surface area contributed by atoms with Gasteiger partial charge in [-0.1, -0.05) is 0 Å². The summed E-state index contributed by atoms with van der Waals surface area (Å²) in [5, 5.41) is 16.0. The lowest BCUT2D eigenvalue weighted by Gasteiger charge is -2.01. The molecule has 0 aromatic heterocycles. The summed E-state index contributed by atoms with van der Waals surface area (Å²) >= 11 is 0. The fourth-order valence-electron chi connectivity index (χ4n) is 0.780. The molecule has 0 fully saturated rings. The van der Waals surface area contributed by atoms with Crippen molar-refractivity contribution in [3.8, 4) is 11.5 Å². The Morgan fingerprint density at radius 3 is 2.29 bits per heavy atom. The van der Waals surface area contributed by atoms with Crippen molar-refractivity contribution in [1.29, 1.82) is 0 Å². The van der Waals surface area contributed by atoms with Gasteiger partial charge in [-0.2, -0.15) is 0 Å². The number of rotatable bonds is 2. The molecule has 0 unspecified atom stereocenters. The van der Waals surface area contributed by atoms with Crippen LogP contribution in [-0.4, -0.2) is 30.1 Å². The van der Waals surface area contributed by atoms with E-state index < -0.39 is 0 Å². The van der Waals surface area contributed by atoms with Crippen LogP contribution in [0, 0.1) is 0 Å². The molecule has 0 aliphatic rings. The minimum absolute atomic E-state index is 0.0166. The largest absolute Gasteiger partial charge is 0.504 e. The van der Waals surface area contributed by atoms with Crippen molar-refractivity contribution in [3.05, 3.63) is 23.8 Å². The van der Waals surface area contributed by atoms with E-state index in [0.29, 0.717) is 17.6 Å². The van der Waals surface area contributed by atoms with E-state index in [4.69, 9.17) is 19.7 Å². The van der Waals surface area contributed by atoms with E-state index in [2.05, 4.69) is 0 Å². The number of benzene rings is 1. The Hall–Kier alpha value is -2.04. The van der Waals surface area contributed by atoms with Crippen LogP contribution in [0.2, 0.25) is 0 Å². The van der Waals surface area contributed by atoms with E-state index in [9.17, 15) is 4.79 Å². The summed E-state index contributed by atoms with van der Waals surface area (Å²) < 4.78 is 4.78. The molecule has 0 saturated heterocycles. The Morgan fingerprint density at radius 1 is 1.36 bits per heavy atom. The molecule has 5 heteroatoms. The molecule has 2 N–H and O–H groups in total. The molecule has 0 bridgehead atoms. The van der Waals surface area contributed by atoms with Crippen molar-refractivity contribution in [2.75, 3.05) is 7.11 Å². The van der Waals surface area contributed by atoms with Gasteiger partial charge in [-0.25, -0.2) is 0 Å². The van der Waals surface area contributed by atoms with Crippen molar-refractivity contribution >= 4 is 12.8 Å². The van der Waals surface area contributed by atoms with E-state index in [1.54, 1.807) is 12.1 Å². The molecule has 1 aromatic rings. The Labute approximate surface area is 80.6 Å². The Balaban J connectivity index is 0.000000500. The van der Waals surface area contributed by atoms with Gasteiger partial charge in [-0.3, -0.25) is 9.59 Å². The van der Waals surface area contributed by atoms with Gasteiger partial charge in [0.15, 0.2) is 11.5 Å².